The fourth-order valence-electron chi connectivity index (χ4n) is 2.59. The normalized spacial score (nSPS) is 14.9. The smallest absolute Gasteiger partial charge is 0.157 e. The second-order valence-corrected chi connectivity index (χ2v) is 5.48. The Bertz CT molecular complexity index is 606. The van der Waals surface area contributed by atoms with E-state index in [1.54, 1.807) is 0 Å². The van der Waals surface area contributed by atoms with Crippen molar-refractivity contribution < 1.29 is 4.74 Å². The highest BCUT2D eigenvalue weighted by Crippen LogP contribution is 2.36. The predicted molar refractivity (Wildman–Crippen MR) is 83.8 cm³/mol. The molecule has 2 aromatic rings. The van der Waals surface area contributed by atoms with E-state index in [1.165, 1.54) is 24.8 Å². The first-order valence-electron chi connectivity index (χ1n) is 7.58. The molecule has 1 fully saturated rings. The van der Waals surface area contributed by atoms with Crippen molar-refractivity contribution in [1.29, 1.82) is 0 Å². The van der Waals surface area contributed by atoms with Gasteiger partial charge in [0.2, 0.25) is 0 Å². The number of ether oxygens (including phenoxy) is 1. The number of rotatable bonds is 5. The number of hydrogen-bond donors (Lipinski definition) is 1. The lowest BCUT2D eigenvalue weighted by atomic mass is 9.80. The van der Waals surface area contributed by atoms with E-state index < -0.39 is 0 Å². The zero-order valence-corrected chi connectivity index (χ0v) is 12.4. The molecule has 1 aliphatic carbocycles. The Hall–Kier alpha value is -1.94. The third-order valence-electron chi connectivity index (χ3n) is 4.01. The van der Waals surface area contributed by atoms with E-state index in [-0.39, 0.29) is 0 Å². The minimum atomic E-state index is 0.398. The number of hydrogen-bond acceptors (Lipinski definition) is 4. The molecule has 4 heteroatoms. The predicted octanol–water partition coefficient (Wildman–Crippen LogP) is 3.53. The number of aromatic nitrogens is 2. The van der Waals surface area contributed by atoms with E-state index in [0.29, 0.717) is 24.9 Å². The summed E-state index contributed by atoms with van der Waals surface area (Å²) < 4.78 is 5.36. The van der Waals surface area contributed by atoms with Gasteiger partial charge < -0.3 is 10.5 Å². The standard InChI is InChI=1S/C17H21N3O/c1-2-21-11-17-19-15(10-16(18)20-17)14-8-6-13(7-9-14)12-4-3-5-12/h6-10,12H,2-5,11H2,1H3,(H2,18,19,20). The van der Waals surface area contributed by atoms with Crippen LogP contribution in [-0.2, 0) is 11.3 Å². The summed E-state index contributed by atoms with van der Waals surface area (Å²) in [5, 5.41) is 0. The second kappa shape index (κ2) is 6.22. The topological polar surface area (TPSA) is 61.0 Å². The average Bonchev–Trinajstić information content (AvgIpc) is 2.43. The zero-order chi connectivity index (χ0) is 14.7. The van der Waals surface area contributed by atoms with E-state index in [4.69, 9.17) is 10.5 Å². The first kappa shape index (κ1) is 14.0. The van der Waals surface area contributed by atoms with Gasteiger partial charge in [0.05, 0.1) is 5.69 Å². The molecule has 1 aliphatic rings. The van der Waals surface area contributed by atoms with Gasteiger partial charge in [-0.3, -0.25) is 0 Å². The van der Waals surface area contributed by atoms with Crippen molar-refractivity contribution in [2.24, 2.45) is 0 Å². The monoisotopic (exact) mass is 283 g/mol. The number of nitrogen functional groups attached to an aromatic ring is 1. The van der Waals surface area contributed by atoms with Crippen LogP contribution in [-0.4, -0.2) is 16.6 Å². The molecule has 0 aliphatic heterocycles. The van der Waals surface area contributed by atoms with Gasteiger partial charge in [0.1, 0.15) is 12.4 Å². The first-order valence-corrected chi connectivity index (χ1v) is 7.58. The van der Waals surface area contributed by atoms with E-state index in [9.17, 15) is 0 Å². The molecule has 110 valence electrons. The largest absolute Gasteiger partial charge is 0.384 e. The van der Waals surface area contributed by atoms with Crippen molar-refractivity contribution in [3.63, 3.8) is 0 Å². The molecule has 3 rings (SSSR count). The van der Waals surface area contributed by atoms with Gasteiger partial charge in [-0.2, -0.15) is 0 Å². The van der Waals surface area contributed by atoms with Crippen LogP contribution >= 0.6 is 0 Å². The van der Waals surface area contributed by atoms with Crippen LogP contribution in [0.15, 0.2) is 30.3 Å². The van der Waals surface area contributed by atoms with E-state index >= 15 is 0 Å². The summed E-state index contributed by atoms with van der Waals surface area (Å²) in [7, 11) is 0. The molecule has 0 unspecified atom stereocenters. The Kier molecular flexibility index (Phi) is 4.15. The van der Waals surface area contributed by atoms with Gasteiger partial charge in [-0.15, -0.1) is 0 Å². The van der Waals surface area contributed by atoms with E-state index in [1.807, 2.05) is 13.0 Å². The second-order valence-electron chi connectivity index (χ2n) is 5.48. The van der Waals surface area contributed by atoms with E-state index in [2.05, 4.69) is 34.2 Å². The lowest BCUT2D eigenvalue weighted by molar-refractivity contribution is 0.128. The number of nitrogens with zero attached hydrogens (tertiary/aromatic N) is 2. The molecule has 0 saturated heterocycles. The highest BCUT2D eigenvalue weighted by molar-refractivity contribution is 5.62. The van der Waals surface area contributed by atoms with Gasteiger partial charge in [-0.25, -0.2) is 9.97 Å². The highest BCUT2D eigenvalue weighted by Gasteiger charge is 2.19. The zero-order valence-electron chi connectivity index (χ0n) is 12.4. The summed E-state index contributed by atoms with van der Waals surface area (Å²) in [6.07, 6.45) is 3.99. The molecule has 2 N–H and O–H groups in total. The summed E-state index contributed by atoms with van der Waals surface area (Å²) in [6.45, 7) is 2.99. The summed E-state index contributed by atoms with van der Waals surface area (Å²) in [6, 6.07) is 10.5. The van der Waals surface area contributed by atoms with Gasteiger partial charge in [-0.05, 0) is 31.2 Å². The molecule has 0 atom stereocenters. The molecule has 1 aromatic carbocycles. The lowest BCUT2D eigenvalue weighted by Gasteiger charge is -2.25. The number of anilines is 1. The summed E-state index contributed by atoms with van der Waals surface area (Å²) in [5.41, 5.74) is 9.24. The Morgan fingerprint density at radius 2 is 1.95 bits per heavy atom. The molecule has 0 radical (unpaired) electrons. The van der Waals surface area contributed by atoms with Crippen molar-refractivity contribution >= 4 is 5.82 Å². The van der Waals surface area contributed by atoms with Crippen LogP contribution in [0.25, 0.3) is 11.3 Å². The van der Waals surface area contributed by atoms with Crippen molar-refractivity contribution in [2.45, 2.75) is 38.7 Å². The molecule has 0 amide bonds. The van der Waals surface area contributed by atoms with Gasteiger partial charge in [0.25, 0.3) is 0 Å². The molecular formula is C17H21N3O. The summed E-state index contributed by atoms with van der Waals surface area (Å²) in [5.74, 6) is 1.87. The van der Waals surface area contributed by atoms with Crippen LogP contribution in [0.3, 0.4) is 0 Å². The quantitative estimate of drug-likeness (QED) is 0.912. The minimum Gasteiger partial charge on any atom is -0.384 e. The van der Waals surface area contributed by atoms with Crippen molar-refractivity contribution in [1.82, 2.24) is 9.97 Å². The molecule has 4 nitrogen and oxygen atoms in total. The highest BCUT2D eigenvalue weighted by atomic mass is 16.5. The lowest BCUT2D eigenvalue weighted by Crippen LogP contribution is -2.08. The van der Waals surface area contributed by atoms with Gasteiger partial charge in [0, 0.05) is 18.2 Å². The SMILES string of the molecule is CCOCc1nc(N)cc(-c2ccc(C3CCC3)cc2)n1. The van der Waals surface area contributed by atoms with Crippen LogP contribution in [0, 0.1) is 0 Å². The fraction of sp³-hybridized carbons (Fsp3) is 0.412. The maximum absolute atomic E-state index is 5.87. The molecule has 0 bridgehead atoms. The molecule has 0 spiro atoms. The summed E-state index contributed by atoms with van der Waals surface area (Å²) >= 11 is 0. The van der Waals surface area contributed by atoms with E-state index in [0.717, 1.165) is 17.2 Å². The molecule has 21 heavy (non-hydrogen) atoms. The van der Waals surface area contributed by atoms with Crippen molar-refractivity contribution in [2.75, 3.05) is 12.3 Å². The van der Waals surface area contributed by atoms with Crippen LogP contribution in [0.2, 0.25) is 0 Å². The van der Waals surface area contributed by atoms with Gasteiger partial charge in [-0.1, -0.05) is 30.7 Å². The van der Waals surface area contributed by atoms with Crippen molar-refractivity contribution in [3.8, 4) is 11.3 Å². The van der Waals surface area contributed by atoms with Crippen LogP contribution in [0.5, 0.6) is 0 Å². The fourth-order valence-corrected chi connectivity index (χ4v) is 2.59. The number of benzene rings is 1. The minimum absolute atomic E-state index is 0.398. The Labute approximate surface area is 125 Å². The van der Waals surface area contributed by atoms with Crippen LogP contribution in [0.1, 0.15) is 43.5 Å². The summed E-state index contributed by atoms with van der Waals surface area (Å²) in [4.78, 5) is 8.74. The molecule has 1 heterocycles. The Morgan fingerprint density at radius 1 is 1.19 bits per heavy atom. The maximum atomic E-state index is 5.87. The Balaban J connectivity index is 1.83. The van der Waals surface area contributed by atoms with Gasteiger partial charge >= 0.3 is 0 Å². The first-order chi connectivity index (χ1) is 10.3. The third-order valence-corrected chi connectivity index (χ3v) is 4.01. The molecule has 1 aromatic heterocycles. The Morgan fingerprint density at radius 3 is 2.57 bits per heavy atom. The average molecular weight is 283 g/mol. The third kappa shape index (κ3) is 3.22. The number of nitrogens with two attached hydrogens (primary N) is 1. The van der Waals surface area contributed by atoms with Gasteiger partial charge in [0.15, 0.2) is 5.82 Å². The van der Waals surface area contributed by atoms with Crippen LogP contribution in [0.4, 0.5) is 5.82 Å². The van der Waals surface area contributed by atoms with Crippen molar-refractivity contribution in [3.05, 3.63) is 41.7 Å². The maximum Gasteiger partial charge on any atom is 0.157 e. The van der Waals surface area contributed by atoms with Crippen LogP contribution < -0.4 is 5.73 Å². The molecule has 1 saturated carbocycles. The molecular weight excluding hydrogens is 262 g/mol.